The summed E-state index contributed by atoms with van der Waals surface area (Å²) in [6.45, 7) is 7.87. The molecule has 1 saturated heterocycles. The van der Waals surface area contributed by atoms with Crippen LogP contribution in [-0.2, 0) is 6.54 Å². The van der Waals surface area contributed by atoms with Crippen molar-refractivity contribution in [3.05, 3.63) is 34.2 Å². The van der Waals surface area contributed by atoms with Crippen molar-refractivity contribution >= 4 is 29.4 Å². The predicted octanol–water partition coefficient (Wildman–Crippen LogP) is 3.01. The summed E-state index contributed by atoms with van der Waals surface area (Å²) in [5.74, 6) is 0.132. The molecule has 152 valence electrons. The van der Waals surface area contributed by atoms with E-state index in [9.17, 15) is 15.0 Å². The van der Waals surface area contributed by atoms with Crippen molar-refractivity contribution in [2.75, 3.05) is 25.0 Å². The van der Waals surface area contributed by atoms with E-state index in [0.29, 0.717) is 31.2 Å². The van der Waals surface area contributed by atoms with Gasteiger partial charge >= 0.3 is 12.1 Å². The van der Waals surface area contributed by atoms with Crippen LogP contribution in [0, 0.1) is 6.92 Å². The lowest BCUT2D eigenvalue weighted by molar-refractivity contribution is 0.0710. The highest BCUT2D eigenvalue weighted by Crippen LogP contribution is 2.29. The molecule has 0 radical (unpaired) electrons. The number of benzene rings is 1. The molecule has 1 aliphatic heterocycles. The van der Waals surface area contributed by atoms with Crippen molar-refractivity contribution in [3.8, 4) is 0 Å². The van der Waals surface area contributed by atoms with Gasteiger partial charge in [-0.3, -0.25) is 4.90 Å². The first-order valence-corrected chi connectivity index (χ1v) is 9.41. The normalized spacial score (nSPS) is 18.9. The molecular formula is C18H24ClN5O4. The molecule has 1 aliphatic rings. The third kappa shape index (κ3) is 4.54. The Bertz CT molecular complexity index is 856. The average molecular weight is 410 g/mol. The van der Waals surface area contributed by atoms with Crippen molar-refractivity contribution in [2.45, 2.75) is 39.5 Å². The number of halogens is 1. The monoisotopic (exact) mass is 409 g/mol. The number of aromatic nitrogens is 2. The number of carboxylic acid groups (broad SMARTS) is 1. The highest BCUT2D eigenvalue weighted by molar-refractivity contribution is 6.31. The lowest BCUT2D eigenvalue weighted by Gasteiger charge is -2.38. The molecule has 1 amide bonds. The molecule has 0 spiro atoms. The van der Waals surface area contributed by atoms with E-state index in [0.717, 1.165) is 16.8 Å². The van der Waals surface area contributed by atoms with Crippen LogP contribution in [0.5, 0.6) is 0 Å². The van der Waals surface area contributed by atoms with Crippen LogP contribution >= 0.6 is 11.6 Å². The molecular weight excluding hydrogens is 386 g/mol. The smallest absolute Gasteiger partial charge is 0.407 e. The Kier molecular flexibility index (Phi) is 6.07. The molecule has 1 aromatic carbocycles. The van der Waals surface area contributed by atoms with Crippen molar-refractivity contribution in [3.63, 3.8) is 0 Å². The van der Waals surface area contributed by atoms with Crippen molar-refractivity contribution in [1.82, 2.24) is 20.0 Å². The van der Waals surface area contributed by atoms with Crippen molar-refractivity contribution < 1.29 is 19.4 Å². The van der Waals surface area contributed by atoms with Crippen LogP contribution in [0.2, 0.25) is 5.02 Å². The molecule has 0 saturated carbocycles. The van der Waals surface area contributed by atoms with Gasteiger partial charge in [0.05, 0.1) is 0 Å². The number of nitrogens with one attached hydrogen (secondary N) is 1. The van der Waals surface area contributed by atoms with Crippen LogP contribution in [0.1, 0.15) is 37.0 Å². The highest BCUT2D eigenvalue weighted by atomic mass is 35.5. The van der Waals surface area contributed by atoms with Crippen LogP contribution in [-0.4, -0.2) is 62.0 Å². The maximum Gasteiger partial charge on any atom is 0.407 e. The Hall–Kier alpha value is -2.36. The fourth-order valence-corrected chi connectivity index (χ4v) is 3.54. The number of hydrogen-bond donors (Lipinski definition) is 3. The van der Waals surface area contributed by atoms with E-state index < -0.39 is 12.2 Å². The fourth-order valence-electron chi connectivity index (χ4n) is 3.30. The zero-order valence-corrected chi connectivity index (χ0v) is 16.8. The van der Waals surface area contributed by atoms with E-state index in [2.05, 4.69) is 20.4 Å². The molecule has 1 fully saturated rings. The van der Waals surface area contributed by atoms with Gasteiger partial charge in [-0.15, -0.1) is 5.10 Å². The first-order valence-electron chi connectivity index (χ1n) is 9.04. The molecule has 2 heterocycles. The maximum atomic E-state index is 11.2. The third-order valence-corrected chi connectivity index (χ3v) is 5.09. The van der Waals surface area contributed by atoms with Gasteiger partial charge in [0.25, 0.3) is 0 Å². The second-order valence-electron chi connectivity index (χ2n) is 7.04. The van der Waals surface area contributed by atoms with Gasteiger partial charge in [0.15, 0.2) is 0 Å². The summed E-state index contributed by atoms with van der Waals surface area (Å²) < 4.78 is 5.38. The number of aliphatic hydroxyl groups excluding tert-OH is 1. The number of carbonyl (C=O) groups is 1. The van der Waals surface area contributed by atoms with Crippen LogP contribution in [0.4, 0.5) is 16.5 Å². The molecule has 10 heteroatoms. The van der Waals surface area contributed by atoms with Gasteiger partial charge in [-0.2, -0.15) is 0 Å². The van der Waals surface area contributed by atoms with Gasteiger partial charge in [0, 0.05) is 42.9 Å². The van der Waals surface area contributed by atoms with E-state index in [1.807, 2.05) is 19.9 Å². The zero-order valence-electron chi connectivity index (χ0n) is 16.0. The van der Waals surface area contributed by atoms with E-state index in [1.54, 1.807) is 13.0 Å². The number of anilines is 2. The Balaban J connectivity index is 1.74. The first kappa shape index (κ1) is 20.4. The second kappa shape index (κ2) is 8.34. The van der Waals surface area contributed by atoms with Gasteiger partial charge in [0.1, 0.15) is 6.10 Å². The minimum absolute atomic E-state index is 0.0689. The summed E-state index contributed by atoms with van der Waals surface area (Å²) in [6.07, 6.45) is -1.72. The van der Waals surface area contributed by atoms with Gasteiger partial charge in [-0.1, -0.05) is 16.7 Å². The molecule has 1 aromatic heterocycles. The molecule has 0 aliphatic carbocycles. The zero-order chi connectivity index (χ0) is 20.4. The Morgan fingerprint density at radius 2 is 2.18 bits per heavy atom. The summed E-state index contributed by atoms with van der Waals surface area (Å²) in [5.41, 5.74) is 2.75. The van der Waals surface area contributed by atoms with Crippen LogP contribution in [0.25, 0.3) is 0 Å². The SMILES string of the molecule is Cc1c(CN2CCN(C(=O)O)[C@@H](C)C2)cc(Cl)cc1Nc1nnc([C@@H](C)O)o1. The van der Waals surface area contributed by atoms with Gasteiger partial charge in [-0.25, -0.2) is 4.79 Å². The number of nitrogens with zero attached hydrogens (tertiary/aromatic N) is 4. The molecule has 3 rings (SSSR count). The molecule has 3 N–H and O–H groups in total. The lowest BCUT2D eigenvalue weighted by Crippen LogP contribution is -2.53. The maximum absolute atomic E-state index is 11.2. The number of hydrogen-bond acceptors (Lipinski definition) is 7. The topological polar surface area (TPSA) is 115 Å². The standard InChI is InChI=1S/C18H24ClN5O4/c1-10-8-23(4-5-24(10)18(26)27)9-13-6-14(19)7-15(11(13)2)20-17-22-21-16(28-17)12(3)25/h6-7,10,12,25H,4-5,8-9H2,1-3H3,(H,20,22)(H,26,27)/t10-,12+/m0/s1. The van der Waals surface area contributed by atoms with Crippen LogP contribution in [0.3, 0.4) is 0 Å². The predicted molar refractivity (Wildman–Crippen MR) is 104 cm³/mol. The van der Waals surface area contributed by atoms with E-state index >= 15 is 0 Å². The summed E-state index contributed by atoms with van der Waals surface area (Å²) in [4.78, 5) is 14.9. The van der Waals surface area contributed by atoms with Gasteiger partial charge < -0.3 is 24.8 Å². The first-order chi connectivity index (χ1) is 13.2. The van der Waals surface area contributed by atoms with Crippen molar-refractivity contribution in [2.24, 2.45) is 0 Å². The molecule has 0 bridgehead atoms. The number of rotatable bonds is 5. The number of amides is 1. The Morgan fingerprint density at radius 3 is 2.79 bits per heavy atom. The molecule has 2 atom stereocenters. The summed E-state index contributed by atoms with van der Waals surface area (Å²) in [7, 11) is 0. The van der Waals surface area contributed by atoms with Crippen LogP contribution in [0.15, 0.2) is 16.5 Å². The highest BCUT2D eigenvalue weighted by Gasteiger charge is 2.27. The minimum atomic E-state index is -0.881. The van der Waals surface area contributed by atoms with Crippen molar-refractivity contribution in [1.29, 1.82) is 0 Å². The molecule has 9 nitrogen and oxygen atoms in total. The second-order valence-corrected chi connectivity index (χ2v) is 7.48. The van der Waals surface area contributed by atoms with E-state index in [4.69, 9.17) is 16.0 Å². The summed E-state index contributed by atoms with van der Waals surface area (Å²) >= 11 is 6.30. The summed E-state index contributed by atoms with van der Waals surface area (Å²) in [5, 5.41) is 30.0. The number of piperazine rings is 1. The van der Waals surface area contributed by atoms with Gasteiger partial charge in [0.2, 0.25) is 5.89 Å². The third-order valence-electron chi connectivity index (χ3n) is 4.87. The average Bonchev–Trinajstić information content (AvgIpc) is 3.07. The quantitative estimate of drug-likeness (QED) is 0.690. The minimum Gasteiger partial charge on any atom is -0.465 e. The van der Waals surface area contributed by atoms with Gasteiger partial charge in [-0.05, 0) is 44.0 Å². The molecule has 2 aromatic rings. The largest absolute Gasteiger partial charge is 0.465 e. The van der Waals surface area contributed by atoms with Crippen LogP contribution < -0.4 is 5.32 Å². The lowest BCUT2D eigenvalue weighted by atomic mass is 10.0. The molecule has 28 heavy (non-hydrogen) atoms. The molecule has 0 unspecified atom stereocenters. The van der Waals surface area contributed by atoms with E-state index in [1.165, 1.54) is 4.90 Å². The fraction of sp³-hybridized carbons (Fsp3) is 0.500. The Labute approximate surface area is 167 Å². The number of aliphatic hydroxyl groups is 1. The Morgan fingerprint density at radius 1 is 1.43 bits per heavy atom. The summed E-state index contributed by atoms with van der Waals surface area (Å²) in [6, 6.07) is 3.79. The van der Waals surface area contributed by atoms with E-state index in [-0.39, 0.29) is 17.9 Å².